The zero-order chi connectivity index (χ0) is 16.4. The number of hydrogen-bond donors (Lipinski definition) is 2. The molecule has 1 aromatic rings. The molecule has 4 heteroatoms. The van der Waals surface area contributed by atoms with Crippen molar-refractivity contribution in [2.45, 2.75) is 59.3 Å². The molecule has 0 bridgehead atoms. The molecule has 4 nitrogen and oxygen atoms in total. The molecule has 2 N–H and O–H groups in total. The molecule has 0 aromatic heterocycles. The third-order valence-corrected chi connectivity index (χ3v) is 3.30. The molecule has 1 rings (SSSR count). The maximum absolute atomic E-state index is 11.8. The van der Waals surface area contributed by atoms with E-state index in [0.29, 0.717) is 18.8 Å². The number of anilines is 2. The minimum Gasteiger partial charge on any atom is -0.326 e. The summed E-state index contributed by atoms with van der Waals surface area (Å²) in [6.07, 6.45) is 5.46. The number of carbonyl (C=O) groups excluding carboxylic acids is 2. The van der Waals surface area contributed by atoms with E-state index in [9.17, 15) is 9.59 Å². The second kappa shape index (κ2) is 9.98. The molecule has 2 amide bonds. The van der Waals surface area contributed by atoms with E-state index >= 15 is 0 Å². The summed E-state index contributed by atoms with van der Waals surface area (Å²) >= 11 is 0. The maximum atomic E-state index is 11.8. The van der Waals surface area contributed by atoms with Gasteiger partial charge in [0.2, 0.25) is 11.8 Å². The van der Waals surface area contributed by atoms with Gasteiger partial charge in [0.15, 0.2) is 0 Å². The average Bonchev–Trinajstić information content (AvgIpc) is 2.45. The van der Waals surface area contributed by atoms with E-state index in [4.69, 9.17) is 0 Å². The van der Waals surface area contributed by atoms with Crippen LogP contribution < -0.4 is 10.6 Å². The first-order valence-corrected chi connectivity index (χ1v) is 8.21. The fourth-order valence-corrected chi connectivity index (χ4v) is 2.16. The molecule has 22 heavy (non-hydrogen) atoms. The highest BCUT2D eigenvalue weighted by Gasteiger charge is 2.06. The van der Waals surface area contributed by atoms with Crippen LogP contribution >= 0.6 is 0 Å². The molecular formula is C18H28N2O2. The Morgan fingerprint density at radius 2 is 1.45 bits per heavy atom. The molecule has 0 fully saturated rings. The predicted molar refractivity (Wildman–Crippen MR) is 91.9 cm³/mol. The molecule has 0 saturated carbocycles. The lowest BCUT2D eigenvalue weighted by atomic mass is 10.1. The second-order valence-electron chi connectivity index (χ2n) is 6.08. The van der Waals surface area contributed by atoms with Crippen LogP contribution in [0.15, 0.2) is 24.3 Å². The van der Waals surface area contributed by atoms with Crippen LogP contribution in [0.3, 0.4) is 0 Å². The van der Waals surface area contributed by atoms with Crippen molar-refractivity contribution >= 4 is 23.2 Å². The first kappa shape index (κ1) is 18.2. The van der Waals surface area contributed by atoms with E-state index in [2.05, 4.69) is 17.6 Å². The van der Waals surface area contributed by atoms with Crippen molar-refractivity contribution in [3.05, 3.63) is 24.3 Å². The predicted octanol–water partition coefficient (Wildman–Crippen LogP) is 4.58. The standard InChI is InChI=1S/C18H28N2O2/c1-4-5-6-7-8-17(21)19-15-9-11-16(12-10-15)20-18(22)13-14(2)3/h9-12,14H,4-8,13H2,1-3H3,(H,19,21)(H,20,22). The molecule has 0 aliphatic carbocycles. The largest absolute Gasteiger partial charge is 0.326 e. The third-order valence-electron chi connectivity index (χ3n) is 3.30. The second-order valence-corrected chi connectivity index (χ2v) is 6.08. The van der Waals surface area contributed by atoms with Gasteiger partial charge in [0.05, 0.1) is 0 Å². The quantitative estimate of drug-likeness (QED) is 0.656. The lowest BCUT2D eigenvalue weighted by Crippen LogP contribution is -2.14. The average molecular weight is 304 g/mol. The van der Waals surface area contributed by atoms with Crippen LogP contribution in [0.1, 0.15) is 59.3 Å². The van der Waals surface area contributed by atoms with Crippen LogP contribution in [0, 0.1) is 5.92 Å². The lowest BCUT2D eigenvalue weighted by molar-refractivity contribution is -0.117. The number of rotatable bonds is 9. The van der Waals surface area contributed by atoms with Gasteiger partial charge in [-0.2, -0.15) is 0 Å². The Kier molecular flexibility index (Phi) is 8.26. The first-order valence-electron chi connectivity index (χ1n) is 8.21. The van der Waals surface area contributed by atoms with Gasteiger partial charge < -0.3 is 10.6 Å². The number of benzene rings is 1. The van der Waals surface area contributed by atoms with Crippen LogP contribution in [0.5, 0.6) is 0 Å². The van der Waals surface area contributed by atoms with Crippen LogP contribution in [-0.2, 0) is 9.59 Å². The van der Waals surface area contributed by atoms with Crippen LogP contribution in [0.4, 0.5) is 11.4 Å². The highest BCUT2D eigenvalue weighted by atomic mass is 16.2. The molecule has 0 spiro atoms. The first-order chi connectivity index (χ1) is 10.5. The molecule has 0 atom stereocenters. The smallest absolute Gasteiger partial charge is 0.224 e. The molecule has 0 unspecified atom stereocenters. The van der Waals surface area contributed by atoms with Crippen molar-refractivity contribution in [2.75, 3.05) is 10.6 Å². The molecule has 0 aliphatic rings. The fourth-order valence-electron chi connectivity index (χ4n) is 2.16. The van der Waals surface area contributed by atoms with E-state index in [1.807, 2.05) is 38.1 Å². The van der Waals surface area contributed by atoms with Crippen molar-refractivity contribution in [1.29, 1.82) is 0 Å². The normalized spacial score (nSPS) is 10.5. The summed E-state index contributed by atoms with van der Waals surface area (Å²) in [5.74, 6) is 0.404. The molecule has 122 valence electrons. The van der Waals surface area contributed by atoms with E-state index in [1.54, 1.807) is 0 Å². The molecule has 0 heterocycles. The van der Waals surface area contributed by atoms with Crippen LogP contribution in [0.2, 0.25) is 0 Å². The van der Waals surface area contributed by atoms with Gasteiger partial charge >= 0.3 is 0 Å². The van der Waals surface area contributed by atoms with Crippen LogP contribution in [-0.4, -0.2) is 11.8 Å². The zero-order valence-corrected chi connectivity index (χ0v) is 13.9. The van der Waals surface area contributed by atoms with Gasteiger partial charge in [-0.3, -0.25) is 9.59 Å². The molecule has 1 aromatic carbocycles. The maximum Gasteiger partial charge on any atom is 0.224 e. The Bertz CT molecular complexity index is 466. The Morgan fingerprint density at radius 1 is 0.909 bits per heavy atom. The molecular weight excluding hydrogens is 276 g/mol. The lowest BCUT2D eigenvalue weighted by Gasteiger charge is -2.09. The Morgan fingerprint density at radius 3 is 1.95 bits per heavy atom. The van der Waals surface area contributed by atoms with E-state index < -0.39 is 0 Å². The zero-order valence-electron chi connectivity index (χ0n) is 13.9. The van der Waals surface area contributed by atoms with E-state index in [-0.39, 0.29) is 11.8 Å². The topological polar surface area (TPSA) is 58.2 Å². The van der Waals surface area contributed by atoms with Gasteiger partial charge in [0.25, 0.3) is 0 Å². The summed E-state index contributed by atoms with van der Waals surface area (Å²) in [5, 5.41) is 5.73. The number of hydrogen-bond acceptors (Lipinski definition) is 2. The third kappa shape index (κ3) is 7.81. The number of carbonyl (C=O) groups is 2. The fraction of sp³-hybridized carbons (Fsp3) is 0.556. The summed E-state index contributed by atoms with van der Waals surface area (Å²) in [7, 11) is 0. The van der Waals surface area contributed by atoms with E-state index in [0.717, 1.165) is 24.2 Å². The van der Waals surface area contributed by atoms with Crippen molar-refractivity contribution in [3.63, 3.8) is 0 Å². The molecule has 0 radical (unpaired) electrons. The van der Waals surface area contributed by atoms with Gasteiger partial charge in [-0.1, -0.05) is 40.0 Å². The number of amides is 2. The summed E-state index contributed by atoms with van der Waals surface area (Å²) in [5.41, 5.74) is 1.52. The van der Waals surface area contributed by atoms with Gasteiger partial charge in [-0.15, -0.1) is 0 Å². The Balaban J connectivity index is 2.38. The number of unbranched alkanes of at least 4 members (excludes halogenated alkanes) is 3. The Hall–Kier alpha value is -1.84. The van der Waals surface area contributed by atoms with Crippen molar-refractivity contribution in [3.8, 4) is 0 Å². The minimum atomic E-state index is 0.0164. The van der Waals surface area contributed by atoms with Gasteiger partial charge in [-0.25, -0.2) is 0 Å². The molecule has 0 saturated heterocycles. The summed E-state index contributed by atoms with van der Waals surface area (Å²) < 4.78 is 0. The van der Waals surface area contributed by atoms with E-state index in [1.165, 1.54) is 12.8 Å². The van der Waals surface area contributed by atoms with Gasteiger partial charge in [0.1, 0.15) is 0 Å². The summed E-state index contributed by atoms with van der Waals surface area (Å²) in [6, 6.07) is 7.25. The number of nitrogens with one attached hydrogen (secondary N) is 2. The van der Waals surface area contributed by atoms with Crippen LogP contribution in [0.25, 0.3) is 0 Å². The summed E-state index contributed by atoms with van der Waals surface area (Å²) in [6.45, 7) is 6.18. The van der Waals surface area contributed by atoms with Crippen molar-refractivity contribution in [1.82, 2.24) is 0 Å². The summed E-state index contributed by atoms with van der Waals surface area (Å²) in [4.78, 5) is 23.5. The Labute approximate surface area is 133 Å². The van der Waals surface area contributed by atoms with Crippen molar-refractivity contribution < 1.29 is 9.59 Å². The monoisotopic (exact) mass is 304 g/mol. The van der Waals surface area contributed by atoms with Gasteiger partial charge in [0, 0.05) is 24.2 Å². The highest BCUT2D eigenvalue weighted by Crippen LogP contribution is 2.15. The van der Waals surface area contributed by atoms with Crippen molar-refractivity contribution in [2.24, 2.45) is 5.92 Å². The SMILES string of the molecule is CCCCCCC(=O)Nc1ccc(NC(=O)CC(C)C)cc1. The van der Waals surface area contributed by atoms with Gasteiger partial charge in [-0.05, 0) is 36.6 Å². The molecule has 0 aliphatic heterocycles. The minimum absolute atomic E-state index is 0.0164. The highest BCUT2D eigenvalue weighted by molar-refractivity contribution is 5.92.